The van der Waals surface area contributed by atoms with Crippen molar-refractivity contribution in [3.05, 3.63) is 34.9 Å². The van der Waals surface area contributed by atoms with Gasteiger partial charge in [0.2, 0.25) is 26.8 Å². The molecular weight excluding hydrogens is 328 g/mol. The predicted octanol–water partition coefficient (Wildman–Crippen LogP) is 1.60. The second-order valence-corrected chi connectivity index (χ2v) is 7.53. The molecule has 116 valence electrons. The minimum Gasteiger partial charge on any atom is -0.293 e. The number of rotatable bonds is 4. The Bertz CT molecular complexity index is 833. The van der Waals surface area contributed by atoms with Crippen LogP contribution in [0.1, 0.15) is 17.9 Å². The van der Waals surface area contributed by atoms with Crippen LogP contribution in [-0.2, 0) is 14.6 Å². The van der Waals surface area contributed by atoms with E-state index in [0.29, 0.717) is 11.4 Å². The van der Waals surface area contributed by atoms with Gasteiger partial charge in [0, 0.05) is 17.2 Å². The van der Waals surface area contributed by atoms with Gasteiger partial charge in [-0.3, -0.25) is 10.1 Å². The molecule has 2 N–H and O–H groups in total. The van der Waals surface area contributed by atoms with Crippen molar-refractivity contribution < 1.29 is 13.2 Å². The minimum atomic E-state index is -3.48. The van der Waals surface area contributed by atoms with Crippen LogP contribution in [0.15, 0.2) is 29.4 Å². The first kappa shape index (κ1) is 15.0. The van der Waals surface area contributed by atoms with Crippen LogP contribution in [0.25, 0.3) is 0 Å². The number of nitrogens with zero attached hydrogens (tertiary/aromatic N) is 2. The van der Waals surface area contributed by atoms with E-state index in [1.807, 2.05) is 18.2 Å². The molecular formula is C13H13ClN4O3S. The van der Waals surface area contributed by atoms with Crippen molar-refractivity contribution in [3.63, 3.8) is 0 Å². The lowest BCUT2D eigenvalue weighted by molar-refractivity contribution is -0.117. The molecule has 0 spiro atoms. The fourth-order valence-corrected chi connectivity index (χ4v) is 3.02. The molecule has 1 aromatic carbocycles. The smallest absolute Gasteiger partial charge is 0.249 e. The Hall–Kier alpha value is -1.93. The molecule has 0 unspecified atom stereocenters. The molecule has 1 aliphatic rings. The van der Waals surface area contributed by atoms with Crippen LogP contribution in [-0.4, -0.2) is 35.8 Å². The molecule has 1 aromatic heterocycles. The topological polar surface area (TPSA) is 105 Å². The molecule has 1 amide bonds. The number of amides is 1. The highest BCUT2D eigenvalue weighted by Crippen LogP contribution is 2.49. The number of H-pyrrole nitrogens is 1. The zero-order chi connectivity index (χ0) is 15.9. The molecule has 0 saturated heterocycles. The molecule has 1 aliphatic carbocycles. The van der Waals surface area contributed by atoms with E-state index in [-0.39, 0.29) is 28.8 Å². The third kappa shape index (κ3) is 2.97. The van der Waals surface area contributed by atoms with Gasteiger partial charge in [0.1, 0.15) is 0 Å². The summed E-state index contributed by atoms with van der Waals surface area (Å²) in [5.74, 6) is -0.429. The van der Waals surface area contributed by atoms with Gasteiger partial charge < -0.3 is 0 Å². The maximum atomic E-state index is 12.1. The summed E-state index contributed by atoms with van der Waals surface area (Å²) in [6.45, 7) is 0. The number of carbonyl (C=O) groups is 1. The molecule has 1 heterocycles. The lowest BCUT2D eigenvalue weighted by Gasteiger charge is -2.03. The highest BCUT2D eigenvalue weighted by atomic mass is 35.5. The summed E-state index contributed by atoms with van der Waals surface area (Å²) >= 11 is 6.11. The van der Waals surface area contributed by atoms with Gasteiger partial charge in [0.25, 0.3) is 0 Å². The summed E-state index contributed by atoms with van der Waals surface area (Å²) in [4.78, 5) is 15.9. The van der Waals surface area contributed by atoms with E-state index in [2.05, 4.69) is 20.5 Å². The van der Waals surface area contributed by atoms with Crippen LogP contribution in [0.4, 0.5) is 5.95 Å². The average molecular weight is 341 g/mol. The van der Waals surface area contributed by atoms with Crippen LogP contribution in [0, 0.1) is 5.92 Å². The Morgan fingerprint density at radius 3 is 2.77 bits per heavy atom. The Morgan fingerprint density at radius 1 is 1.41 bits per heavy atom. The zero-order valence-electron chi connectivity index (χ0n) is 11.6. The van der Waals surface area contributed by atoms with Gasteiger partial charge in [-0.15, -0.1) is 5.10 Å². The lowest BCUT2D eigenvalue weighted by Crippen LogP contribution is -2.15. The molecule has 2 aromatic rings. The standard InChI is InChI=1S/C13H13ClN4O3S/c1-22(20,21)13-16-12(17-18-13)15-11(19)9-6-8(9)7-4-2-3-5-10(7)14/h2-5,8-9H,6H2,1H3,(H2,15,16,17,18,19)/t8-,9+/m0/s1. The summed E-state index contributed by atoms with van der Waals surface area (Å²) in [7, 11) is -3.48. The Kier molecular flexibility index (Phi) is 3.65. The van der Waals surface area contributed by atoms with Crippen LogP contribution in [0.2, 0.25) is 5.02 Å². The van der Waals surface area contributed by atoms with Crippen LogP contribution < -0.4 is 5.32 Å². The molecule has 0 radical (unpaired) electrons. The first-order chi connectivity index (χ1) is 10.4. The largest absolute Gasteiger partial charge is 0.293 e. The zero-order valence-corrected chi connectivity index (χ0v) is 13.1. The van der Waals surface area contributed by atoms with Crippen molar-refractivity contribution in [3.8, 4) is 0 Å². The number of nitrogens with one attached hydrogen (secondary N) is 2. The lowest BCUT2D eigenvalue weighted by atomic mass is 10.1. The average Bonchev–Trinajstić information content (AvgIpc) is 3.09. The summed E-state index contributed by atoms with van der Waals surface area (Å²) < 4.78 is 22.6. The molecule has 2 atom stereocenters. The molecule has 1 fully saturated rings. The third-order valence-corrected chi connectivity index (χ3v) is 4.71. The number of hydrogen-bond donors (Lipinski definition) is 2. The normalized spacial score (nSPS) is 20.6. The van der Waals surface area contributed by atoms with Crippen molar-refractivity contribution in [1.29, 1.82) is 0 Å². The molecule has 22 heavy (non-hydrogen) atoms. The second kappa shape index (κ2) is 5.36. The highest BCUT2D eigenvalue weighted by molar-refractivity contribution is 7.90. The van der Waals surface area contributed by atoms with Crippen LogP contribution in [0.3, 0.4) is 0 Å². The van der Waals surface area contributed by atoms with Crippen molar-refractivity contribution in [1.82, 2.24) is 15.2 Å². The molecule has 7 nitrogen and oxygen atoms in total. The van der Waals surface area contributed by atoms with E-state index in [4.69, 9.17) is 11.6 Å². The van der Waals surface area contributed by atoms with Gasteiger partial charge in [0.05, 0.1) is 0 Å². The predicted molar refractivity (Wildman–Crippen MR) is 80.4 cm³/mol. The fourth-order valence-electron chi connectivity index (χ4n) is 2.28. The van der Waals surface area contributed by atoms with Crippen molar-refractivity contribution in [2.45, 2.75) is 17.5 Å². The van der Waals surface area contributed by atoms with Gasteiger partial charge in [0.15, 0.2) is 0 Å². The molecule has 9 heteroatoms. The monoisotopic (exact) mass is 340 g/mol. The second-order valence-electron chi connectivity index (χ2n) is 5.20. The Balaban J connectivity index is 1.67. The highest BCUT2D eigenvalue weighted by Gasteiger charge is 2.45. The Labute approximate surface area is 132 Å². The van der Waals surface area contributed by atoms with E-state index in [9.17, 15) is 13.2 Å². The number of aromatic nitrogens is 3. The van der Waals surface area contributed by atoms with Crippen molar-refractivity contribution >= 4 is 33.3 Å². The van der Waals surface area contributed by atoms with E-state index < -0.39 is 9.84 Å². The maximum absolute atomic E-state index is 12.1. The molecule has 0 aliphatic heterocycles. The third-order valence-electron chi connectivity index (χ3n) is 3.48. The van der Waals surface area contributed by atoms with Crippen molar-refractivity contribution in [2.24, 2.45) is 5.92 Å². The summed E-state index contributed by atoms with van der Waals surface area (Å²) in [6.07, 6.45) is 1.70. The first-order valence-corrected chi connectivity index (χ1v) is 8.81. The van der Waals surface area contributed by atoms with Gasteiger partial charge in [-0.05, 0) is 24.0 Å². The van der Waals surface area contributed by atoms with Crippen LogP contribution >= 0.6 is 11.6 Å². The number of carbonyl (C=O) groups excluding carboxylic acids is 1. The number of aromatic amines is 1. The van der Waals surface area contributed by atoms with Gasteiger partial charge in [-0.25, -0.2) is 13.5 Å². The van der Waals surface area contributed by atoms with Gasteiger partial charge >= 0.3 is 0 Å². The van der Waals surface area contributed by atoms with Crippen molar-refractivity contribution in [2.75, 3.05) is 11.6 Å². The van der Waals surface area contributed by atoms with Gasteiger partial charge in [-0.1, -0.05) is 29.8 Å². The van der Waals surface area contributed by atoms with E-state index in [0.717, 1.165) is 11.8 Å². The summed E-state index contributed by atoms with van der Waals surface area (Å²) in [5, 5.41) is 8.83. The van der Waals surface area contributed by atoms with Crippen LogP contribution in [0.5, 0.6) is 0 Å². The van der Waals surface area contributed by atoms with Gasteiger partial charge in [-0.2, -0.15) is 4.98 Å². The van der Waals surface area contributed by atoms with E-state index in [1.165, 1.54) is 0 Å². The van der Waals surface area contributed by atoms with E-state index in [1.54, 1.807) is 6.07 Å². The number of halogens is 1. The molecule has 3 rings (SSSR count). The number of benzene rings is 1. The minimum absolute atomic E-state index is 0.0461. The quantitative estimate of drug-likeness (QED) is 0.879. The Morgan fingerprint density at radius 2 is 2.14 bits per heavy atom. The summed E-state index contributed by atoms with van der Waals surface area (Å²) in [5.41, 5.74) is 0.941. The molecule has 1 saturated carbocycles. The SMILES string of the molecule is CS(=O)(=O)c1nc(NC(=O)[C@@H]2C[C@H]2c2ccccc2Cl)n[nH]1. The summed E-state index contributed by atoms with van der Waals surface area (Å²) in [6, 6.07) is 7.40. The first-order valence-electron chi connectivity index (χ1n) is 6.54. The van der Waals surface area contributed by atoms with E-state index >= 15 is 0 Å². The molecule has 0 bridgehead atoms. The number of sulfone groups is 1. The maximum Gasteiger partial charge on any atom is 0.249 e. The number of anilines is 1. The number of hydrogen-bond acceptors (Lipinski definition) is 5. The fraction of sp³-hybridized carbons (Fsp3) is 0.308.